The number of carbonyl (C=O) groups is 1. The number of hydrogen-bond acceptors (Lipinski definition) is 6. The Morgan fingerprint density at radius 3 is 2.64 bits per heavy atom. The molecule has 1 fully saturated rings. The van der Waals surface area contributed by atoms with Crippen molar-refractivity contribution in [2.24, 2.45) is 0 Å². The minimum atomic E-state index is -3.13. The van der Waals surface area contributed by atoms with Gasteiger partial charge >= 0.3 is 0 Å². The van der Waals surface area contributed by atoms with E-state index in [4.69, 9.17) is 4.74 Å². The second-order valence-corrected chi connectivity index (χ2v) is 7.45. The summed E-state index contributed by atoms with van der Waals surface area (Å²) in [6, 6.07) is 4.84. The van der Waals surface area contributed by atoms with Crippen molar-refractivity contribution in [2.45, 2.75) is 0 Å². The van der Waals surface area contributed by atoms with Gasteiger partial charge in [-0.3, -0.25) is 4.79 Å². The topological polar surface area (TPSA) is 95.9 Å². The predicted molar refractivity (Wildman–Crippen MR) is 83.2 cm³/mol. The van der Waals surface area contributed by atoms with Crippen LogP contribution in [-0.2, 0) is 14.6 Å². The summed E-state index contributed by atoms with van der Waals surface area (Å²) in [7, 11) is -3.13. The lowest BCUT2D eigenvalue weighted by Crippen LogP contribution is -2.36. The number of carbonyl (C=O) groups excluding carboxylic acids is 1. The van der Waals surface area contributed by atoms with Gasteiger partial charge in [0.25, 0.3) is 5.91 Å². The molecule has 1 amide bonds. The van der Waals surface area contributed by atoms with Gasteiger partial charge in [-0.15, -0.1) is 0 Å². The van der Waals surface area contributed by atoms with Crippen LogP contribution in [0.25, 0.3) is 0 Å². The van der Waals surface area contributed by atoms with Crippen LogP contribution in [0, 0.1) is 0 Å². The average Bonchev–Trinajstić information content (AvgIpc) is 2.46. The van der Waals surface area contributed by atoms with Gasteiger partial charge in [0.15, 0.2) is 0 Å². The number of sulfone groups is 1. The van der Waals surface area contributed by atoms with Crippen molar-refractivity contribution in [2.75, 3.05) is 49.8 Å². The summed E-state index contributed by atoms with van der Waals surface area (Å²) in [5, 5.41) is 12.5. The quantitative estimate of drug-likeness (QED) is 0.790. The van der Waals surface area contributed by atoms with E-state index < -0.39 is 15.7 Å². The van der Waals surface area contributed by atoms with Gasteiger partial charge in [0.2, 0.25) is 0 Å². The first-order valence-electron chi connectivity index (χ1n) is 6.98. The fourth-order valence-electron chi connectivity index (χ4n) is 2.18. The molecule has 0 bridgehead atoms. The van der Waals surface area contributed by atoms with Gasteiger partial charge in [-0.2, -0.15) is 0 Å². The fraction of sp³-hybridized carbons (Fsp3) is 0.500. The molecular formula is C14H20N2O5S. The Morgan fingerprint density at radius 1 is 1.36 bits per heavy atom. The fourth-order valence-corrected chi connectivity index (χ4v) is 2.65. The Hall–Kier alpha value is -1.80. The van der Waals surface area contributed by atoms with Crippen LogP contribution in [0.1, 0.15) is 10.4 Å². The highest BCUT2D eigenvalue weighted by Crippen LogP contribution is 2.25. The number of phenolic OH excluding ortho intramolecular Hbond substituents is 1. The van der Waals surface area contributed by atoms with Gasteiger partial charge < -0.3 is 20.1 Å². The lowest BCUT2D eigenvalue weighted by molar-refractivity contribution is 0.0953. The van der Waals surface area contributed by atoms with Gasteiger partial charge in [-0.05, 0) is 12.1 Å². The standard InChI is InChI=1S/C14H20N2O5S/c1-22(19,20)9-4-15-14(18)12-3-2-11(10-13(12)17)16-5-7-21-8-6-16/h2-3,10,17H,4-9H2,1H3,(H,15,18). The average molecular weight is 328 g/mol. The number of nitrogens with zero attached hydrogens (tertiary/aromatic N) is 1. The third-order valence-corrected chi connectivity index (χ3v) is 4.31. The lowest BCUT2D eigenvalue weighted by atomic mass is 10.1. The zero-order valence-corrected chi connectivity index (χ0v) is 13.2. The molecule has 0 aromatic heterocycles. The Labute approximate surface area is 129 Å². The Morgan fingerprint density at radius 2 is 2.05 bits per heavy atom. The van der Waals surface area contributed by atoms with Gasteiger partial charge in [-0.1, -0.05) is 0 Å². The monoisotopic (exact) mass is 328 g/mol. The van der Waals surface area contributed by atoms with Crippen LogP contribution in [0.3, 0.4) is 0 Å². The first-order valence-corrected chi connectivity index (χ1v) is 9.04. The van der Waals surface area contributed by atoms with E-state index in [0.29, 0.717) is 13.2 Å². The maximum absolute atomic E-state index is 11.9. The number of aromatic hydroxyl groups is 1. The number of benzene rings is 1. The smallest absolute Gasteiger partial charge is 0.255 e. The summed E-state index contributed by atoms with van der Waals surface area (Å²) in [5.74, 6) is -0.749. The molecule has 0 spiro atoms. The van der Waals surface area contributed by atoms with Gasteiger partial charge in [0, 0.05) is 37.6 Å². The molecule has 1 aromatic carbocycles. The molecular weight excluding hydrogens is 308 g/mol. The van der Waals surface area contributed by atoms with Crippen molar-refractivity contribution in [3.63, 3.8) is 0 Å². The van der Waals surface area contributed by atoms with E-state index in [1.165, 1.54) is 12.1 Å². The molecule has 8 heteroatoms. The van der Waals surface area contributed by atoms with E-state index in [1.807, 2.05) is 0 Å². The Kier molecular flexibility index (Phi) is 5.25. The summed E-state index contributed by atoms with van der Waals surface area (Å²) >= 11 is 0. The molecule has 1 aliphatic heterocycles. The molecule has 0 saturated carbocycles. The SMILES string of the molecule is CS(=O)(=O)CCNC(=O)c1ccc(N2CCOCC2)cc1O. The van der Waals surface area contributed by atoms with Crippen molar-refractivity contribution in [3.05, 3.63) is 23.8 Å². The van der Waals surface area contributed by atoms with E-state index in [-0.39, 0.29) is 23.6 Å². The van der Waals surface area contributed by atoms with E-state index in [2.05, 4.69) is 10.2 Å². The van der Waals surface area contributed by atoms with Crippen LogP contribution in [-0.4, -0.2) is 64.3 Å². The molecule has 122 valence electrons. The highest BCUT2D eigenvalue weighted by molar-refractivity contribution is 7.90. The molecule has 0 unspecified atom stereocenters. The third kappa shape index (κ3) is 4.60. The minimum Gasteiger partial charge on any atom is -0.507 e. The largest absolute Gasteiger partial charge is 0.507 e. The molecule has 7 nitrogen and oxygen atoms in total. The first kappa shape index (κ1) is 16.6. The lowest BCUT2D eigenvalue weighted by Gasteiger charge is -2.29. The maximum Gasteiger partial charge on any atom is 0.255 e. The van der Waals surface area contributed by atoms with Crippen molar-refractivity contribution in [1.29, 1.82) is 0 Å². The summed E-state index contributed by atoms with van der Waals surface area (Å²) < 4.78 is 27.3. The number of anilines is 1. The molecule has 1 saturated heterocycles. The summed E-state index contributed by atoms with van der Waals surface area (Å²) in [6.45, 7) is 2.75. The van der Waals surface area contributed by atoms with E-state index in [0.717, 1.165) is 25.0 Å². The second-order valence-electron chi connectivity index (χ2n) is 5.19. The van der Waals surface area contributed by atoms with Crippen molar-refractivity contribution < 1.29 is 23.1 Å². The number of nitrogens with one attached hydrogen (secondary N) is 1. The van der Waals surface area contributed by atoms with Gasteiger partial charge in [-0.25, -0.2) is 8.42 Å². The highest BCUT2D eigenvalue weighted by Gasteiger charge is 2.16. The molecule has 2 rings (SSSR count). The number of amides is 1. The maximum atomic E-state index is 11.9. The number of morpholine rings is 1. The predicted octanol–water partition coefficient (Wildman–Crippen LogP) is 0.00320. The number of phenols is 1. The number of ether oxygens (including phenoxy) is 1. The van der Waals surface area contributed by atoms with Crippen LogP contribution < -0.4 is 10.2 Å². The molecule has 0 radical (unpaired) electrons. The van der Waals surface area contributed by atoms with Crippen molar-refractivity contribution >= 4 is 21.4 Å². The second kappa shape index (κ2) is 6.97. The van der Waals surface area contributed by atoms with E-state index in [1.54, 1.807) is 6.07 Å². The zero-order valence-electron chi connectivity index (χ0n) is 12.4. The van der Waals surface area contributed by atoms with Gasteiger partial charge in [0.1, 0.15) is 15.6 Å². The molecule has 1 aliphatic rings. The third-order valence-electron chi connectivity index (χ3n) is 3.36. The summed E-state index contributed by atoms with van der Waals surface area (Å²) in [5.41, 5.74) is 0.957. The highest BCUT2D eigenvalue weighted by atomic mass is 32.2. The summed E-state index contributed by atoms with van der Waals surface area (Å²) in [6.07, 6.45) is 1.10. The van der Waals surface area contributed by atoms with E-state index >= 15 is 0 Å². The molecule has 1 heterocycles. The molecule has 22 heavy (non-hydrogen) atoms. The van der Waals surface area contributed by atoms with Crippen LogP contribution in [0.2, 0.25) is 0 Å². The van der Waals surface area contributed by atoms with Crippen LogP contribution in [0.15, 0.2) is 18.2 Å². The van der Waals surface area contributed by atoms with Gasteiger partial charge in [0.05, 0.1) is 24.5 Å². The zero-order chi connectivity index (χ0) is 16.2. The van der Waals surface area contributed by atoms with Crippen LogP contribution in [0.5, 0.6) is 5.75 Å². The molecule has 2 N–H and O–H groups in total. The normalized spacial score (nSPS) is 15.6. The number of rotatable bonds is 5. The Bertz CT molecular complexity index is 639. The van der Waals surface area contributed by atoms with Crippen LogP contribution in [0.4, 0.5) is 5.69 Å². The number of hydrogen-bond donors (Lipinski definition) is 2. The molecule has 0 aliphatic carbocycles. The molecule has 0 atom stereocenters. The summed E-state index contributed by atoms with van der Waals surface area (Å²) in [4.78, 5) is 14.0. The van der Waals surface area contributed by atoms with Crippen molar-refractivity contribution in [1.82, 2.24) is 5.32 Å². The van der Waals surface area contributed by atoms with Crippen LogP contribution >= 0.6 is 0 Å². The Balaban J connectivity index is 2.01. The minimum absolute atomic E-state index is 0.0162. The van der Waals surface area contributed by atoms with Crippen molar-refractivity contribution in [3.8, 4) is 5.75 Å². The van der Waals surface area contributed by atoms with E-state index in [9.17, 15) is 18.3 Å². The first-order chi connectivity index (χ1) is 10.4. The molecule has 1 aromatic rings.